The lowest BCUT2D eigenvalue weighted by molar-refractivity contribution is 0.171. The molecule has 1 rings (SSSR count). The minimum atomic E-state index is -0.418. The maximum Gasteiger partial charge on any atom is 0.119 e. The van der Waals surface area contributed by atoms with Gasteiger partial charge in [-0.25, -0.2) is 0 Å². The van der Waals surface area contributed by atoms with E-state index in [2.05, 4.69) is 19.2 Å². The molecule has 2 N–H and O–H groups in total. The van der Waals surface area contributed by atoms with Crippen molar-refractivity contribution >= 4 is 0 Å². The Kier molecular flexibility index (Phi) is 4.97. The van der Waals surface area contributed by atoms with Crippen LogP contribution in [0, 0.1) is 5.92 Å². The van der Waals surface area contributed by atoms with Crippen molar-refractivity contribution in [3.8, 4) is 5.75 Å². The van der Waals surface area contributed by atoms with Crippen LogP contribution >= 0.6 is 0 Å². The summed E-state index contributed by atoms with van der Waals surface area (Å²) in [6.07, 6.45) is 0. The third kappa shape index (κ3) is 3.72. The van der Waals surface area contributed by atoms with Crippen LogP contribution in [0.1, 0.15) is 26.3 Å². The number of hydrogen-bond donors (Lipinski definition) is 2. The largest absolute Gasteiger partial charge is 0.497 e. The normalized spacial score (nSPS) is 14.7. The fourth-order valence-electron chi connectivity index (χ4n) is 1.64. The van der Waals surface area contributed by atoms with E-state index >= 15 is 0 Å². The van der Waals surface area contributed by atoms with Crippen molar-refractivity contribution in [3.05, 3.63) is 29.8 Å². The van der Waals surface area contributed by atoms with Crippen LogP contribution in [-0.4, -0.2) is 25.4 Å². The fraction of sp³-hybridized carbons (Fsp3) is 0.571. The molecule has 1 aromatic rings. The molecule has 0 aromatic heterocycles. The van der Waals surface area contributed by atoms with Crippen LogP contribution in [0.5, 0.6) is 5.75 Å². The maximum absolute atomic E-state index is 9.61. The van der Waals surface area contributed by atoms with Crippen molar-refractivity contribution in [1.82, 2.24) is 5.32 Å². The summed E-state index contributed by atoms with van der Waals surface area (Å²) < 4.78 is 5.21. The fourth-order valence-corrected chi connectivity index (χ4v) is 1.64. The van der Waals surface area contributed by atoms with Crippen molar-refractivity contribution in [2.24, 2.45) is 5.92 Å². The molecule has 0 saturated heterocycles. The molecule has 1 aromatic carbocycles. The molecule has 0 saturated carbocycles. The molecule has 0 aliphatic rings. The molecule has 3 heteroatoms. The summed E-state index contributed by atoms with van der Waals surface area (Å²) in [7, 11) is 1.65. The number of hydrogen-bond acceptors (Lipinski definition) is 3. The summed E-state index contributed by atoms with van der Waals surface area (Å²) >= 11 is 0. The molecule has 1 atom stereocenters. The Labute approximate surface area is 104 Å². The van der Waals surface area contributed by atoms with Crippen molar-refractivity contribution in [2.45, 2.75) is 26.3 Å². The van der Waals surface area contributed by atoms with E-state index in [9.17, 15) is 5.11 Å². The van der Waals surface area contributed by atoms with Crippen LogP contribution in [0.15, 0.2) is 24.3 Å². The number of aliphatic hydroxyl groups is 1. The number of methoxy groups -OCH3 is 1. The highest BCUT2D eigenvalue weighted by Crippen LogP contribution is 2.24. The first-order valence-corrected chi connectivity index (χ1v) is 6.02. The second-order valence-electron chi connectivity index (χ2n) is 5.00. The van der Waals surface area contributed by atoms with Crippen molar-refractivity contribution < 1.29 is 9.84 Å². The van der Waals surface area contributed by atoms with Crippen molar-refractivity contribution in [1.29, 1.82) is 0 Å². The highest BCUT2D eigenvalue weighted by Gasteiger charge is 2.25. The first kappa shape index (κ1) is 14.0. The number of ether oxygens (including phenoxy) is 1. The van der Waals surface area contributed by atoms with Gasteiger partial charge in [-0.3, -0.25) is 0 Å². The lowest BCUT2D eigenvalue weighted by atomic mass is 9.92. The predicted octanol–water partition coefficient (Wildman–Crippen LogP) is 2.15. The summed E-state index contributed by atoms with van der Waals surface area (Å²) in [6.45, 7) is 7.23. The summed E-state index contributed by atoms with van der Waals surface area (Å²) in [5.74, 6) is 1.36. The maximum atomic E-state index is 9.61. The van der Waals surface area contributed by atoms with Gasteiger partial charge in [0.05, 0.1) is 19.3 Å². The molecule has 17 heavy (non-hydrogen) atoms. The Morgan fingerprint density at radius 1 is 1.41 bits per heavy atom. The summed E-state index contributed by atoms with van der Waals surface area (Å²) in [5, 5.41) is 13.0. The minimum Gasteiger partial charge on any atom is -0.497 e. The van der Waals surface area contributed by atoms with E-state index in [0.717, 1.165) is 17.9 Å². The number of rotatable bonds is 6. The van der Waals surface area contributed by atoms with Gasteiger partial charge in [0.25, 0.3) is 0 Å². The molecule has 96 valence electrons. The van der Waals surface area contributed by atoms with Crippen LogP contribution in [0.2, 0.25) is 0 Å². The van der Waals surface area contributed by atoms with E-state index in [4.69, 9.17) is 4.74 Å². The zero-order valence-corrected chi connectivity index (χ0v) is 11.2. The summed E-state index contributed by atoms with van der Waals surface area (Å²) in [5.41, 5.74) is 0.624. The van der Waals surface area contributed by atoms with E-state index in [0.29, 0.717) is 5.92 Å². The monoisotopic (exact) mass is 237 g/mol. The number of benzene rings is 1. The molecule has 0 amide bonds. The van der Waals surface area contributed by atoms with E-state index in [1.807, 2.05) is 31.2 Å². The van der Waals surface area contributed by atoms with Crippen LogP contribution in [-0.2, 0) is 5.54 Å². The Morgan fingerprint density at radius 2 is 2.12 bits per heavy atom. The minimum absolute atomic E-state index is 0.0624. The third-order valence-corrected chi connectivity index (χ3v) is 2.92. The van der Waals surface area contributed by atoms with Crippen LogP contribution in [0.4, 0.5) is 0 Å². The topological polar surface area (TPSA) is 41.5 Å². The predicted molar refractivity (Wildman–Crippen MR) is 70.3 cm³/mol. The number of nitrogens with one attached hydrogen (secondary N) is 1. The van der Waals surface area contributed by atoms with Crippen molar-refractivity contribution in [3.63, 3.8) is 0 Å². The quantitative estimate of drug-likeness (QED) is 0.796. The van der Waals surface area contributed by atoms with Gasteiger partial charge in [-0.05, 0) is 37.1 Å². The van der Waals surface area contributed by atoms with Gasteiger partial charge >= 0.3 is 0 Å². The first-order valence-electron chi connectivity index (χ1n) is 6.02. The Morgan fingerprint density at radius 3 is 2.65 bits per heavy atom. The third-order valence-electron chi connectivity index (χ3n) is 2.92. The molecule has 0 radical (unpaired) electrons. The molecule has 0 spiro atoms. The lowest BCUT2D eigenvalue weighted by Gasteiger charge is -2.30. The average Bonchev–Trinajstić information content (AvgIpc) is 2.36. The molecule has 0 aliphatic carbocycles. The van der Waals surface area contributed by atoms with Crippen LogP contribution in [0.25, 0.3) is 0 Å². The Hall–Kier alpha value is -1.06. The van der Waals surface area contributed by atoms with Gasteiger partial charge in [-0.1, -0.05) is 26.0 Å². The van der Waals surface area contributed by atoms with E-state index in [1.54, 1.807) is 7.11 Å². The van der Waals surface area contributed by atoms with Crippen molar-refractivity contribution in [2.75, 3.05) is 20.3 Å². The van der Waals surface area contributed by atoms with Gasteiger partial charge < -0.3 is 15.2 Å². The highest BCUT2D eigenvalue weighted by atomic mass is 16.5. The van der Waals surface area contributed by atoms with Crippen LogP contribution in [0.3, 0.4) is 0 Å². The smallest absolute Gasteiger partial charge is 0.119 e. The molecular weight excluding hydrogens is 214 g/mol. The highest BCUT2D eigenvalue weighted by molar-refractivity contribution is 5.33. The molecular formula is C14H23NO2. The molecule has 0 bridgehead atoms. The summed E-state index contributed by atoms with van der Waals surface area (Å²) in [6, 6.07) is 7.82. The van der Waals surface area contributed by atoms with Gasteiger partial charge in [0.15, 0.2) is 0 Å². The Balaban J connectivity index is 2.90. The molecule has 1 unspecified atom stereocenters. The van der Waals surface area contributed by atoms with Gasteiger partial charge in [0, 0.05) is 0 Å². The number of aliphatic hydroxyl groups excluding tert-OH is 1. The molecule has 3 nitrogen and oxygen atoms in total. The van der Waals surface area contributed by atoms with E-state index in [-0.39, 0.29) is 6.61 Å². The molecule has 0 heterocycles. The van der Waals surface area contributed by atoms with E-state index in [1.165, 1.54) is 0 Å². The standard InChI is InChI=1S/C14H23NO2/c1-11(2)9-15-14(3,10-16)12-6-5-7-13(8-12)17-4/h5-8,11,15-16H,9-10H2,1-4H3. The SMILES string of the molecule is COc1cccc(C(C)(CO)NCC(C)C)c1. The lowest BCUT2D eigenvalue weighted by Crippen LogP contribution is -2.44. The molecule has 0 fully saturated rings. The average molecular weight is 237 g/mol. The van der Waals surface area contributed by atoms with Gasteiger partial charge in [0.1, 0.15) is 5.75 Å². The zero-order valence-electron chi connectivity index (χ0n) is 11.2. The first-order chi connectivity index (χ1) is 8.01. The van der Waals surface area contributed by atoms with Crippen LogP contribution < -0.4 is 10.1 Å². The van der Waals surface area contributed by atoms with Gasteiger partial charge in [-0.15, -0.1) is 0 Å². The second kappa shape index (κ2) is 6.03. The Bertz CT molecular complexity index is 352. The molecule has 0 aliphatic heterocycles. The van der Waals surface area contributed by atoms with E-state index < -0.39 is 5.54 Å². The van der Waals surface area contributed by atoms with Gasteiger partial charge in [-0.2, -0.15) is 0 Å². The zero-order chi connectivity index (χ0) is 12.9. The second-order valence-corrected chi connectivity index (χ2v) is 5.00. The summed E-state index contributed by atoms with van der Waals surface area (Å²) in [4.78, 5) is 0. The van der Waals surface area contributed by atoms with Gasteiger partial charge in [0.2, 0.25) is 0 Å².